The monoisotopic (exact) mass is 334 g/mol. The topological polar surface area (TPSA) is 64.3 Å². The van der Waals surface area contributed by atoms with Crippen molar-refractivity contribution in [2.45, 2.75) is 26.4 Å². The average Bonchev–Trinajstić information content (AvgIpc) is 2.53. The first-order valence-electron chi connectivity index (χ1n) is 7.41. The van der Waals surface area contributed by atoms with Crippen molar-refractivity contribution in [3.05, 3.63) is 65.2 Å². The molecule has 2 rings (SSSR count). The normalized spacial score (nSPS) is 11.3. The molecule has 1 unspecified atom stereocenters. The third kappa shape index (κ3) is 5.58. The van der Waals surface area contributed by atoms with E-state index in [1.807, 2.05) is 62.4 Å². The van der Waals surface area contributed by atoms with E-state index in [-0.39, 0.29) is 18.3 Å². The number of benzene rings is 2. The summed E-state index contributed by atoms with van der Waals surface area (Å²) in [5, 5.41) is 2.86. The molecule has 23 heavy (non-hydrogen) atoms. The highest BCUT2D eigenvalue weighted by Gasteiger charge is 2.15. The van der Waals surface area contributed by atoms with Gasteiger partial charge in [-0.3, -0.25) is 4.79 Å². The van der Waals surface area contributed by atoms with Gasteiger partial charge in [0.15, 0.2) is 0 Å². The predicted octanol–water partition coefficient (Wildman–Crippen LogP) is 3.13. The van der Waals surface area contributed by atoms with Crippen molar-refractivity contribution in [1.82, 2.24) is 5.32 Å². The van der Waals surface area contributed by atoms with Gasteiger partial charge >= 0.3 is 0 Å². The molecule has 0 fully saturated rings. The van der Waals surface area contributed by atoms with Crippen LogP contribution in [-0.4, -0.2) is 12.5 Å². The lowest BCUT2D eigenvalue weighted by molar-refractivity contribution is -0.122. The number of carbonyl (C=O) groups excluding carboxylic acids is 1. The highest BCUT2D eigenvalue weighted by atomic mass is 35.5. The molecule has 2 aromatic carbocycles. The standard InChI is InChI=1S/C18H22N2O2.ClH/c1-3-22-16-6-4-5-14(11-16)12-20-18(21)17(19)15-9-7-13(2)8-10-15;/h4-11,17H,3,12,19H2,1-2H3,(H,20,21);1H. The molecule has 0 saturated heterocycles. The maximum Gasteiger partial charge on any atom is 0.241 e. The molecule has 1 amide bonds. The molecular weight excluding hydrogens is 312 g/mol. The third-order valence-electron chi connectivity index (χ3n) is 3.40. The first kappa shape index (κ1) is 19.0. The van der Waals surface area contributed by atoms with Crippen molar-refractivity contribution in [2.24, 2.45) is 5.73 Å². The maximum absolute atomic E-state index is 12.1. The fourth-order valence-electron chi connectivity index (χ4n) is 2.14. The van der Waals surface area contributed by atoms with Crippen molar-refractivity contribution >= 4 is 18.3 Å². The first-order valence-corrected chi connectivity index (χ1v) is 7.41. The predicted molar refractivity (Wildman–Crippen MR) is 94.8 cm³/mol. The van der Waals surface area contributed by atoms with Crippen LogP contribution in [0.1, 0.15) is 29.7 Å². The second-order valence-corrected chi connectivity index (χ2v) is 5.19. The van der Waals surface area contributed by atoms with Gasteiger partial charge in [0.2, 0.25) is 5.91 Å². The van der Waals surface area contributed by atoms with Crippen molar-refractivity contribution in [1.29, 1.82) is 0 Å². The van der Waals surface area contributed by atoms with E-state index in [9.17, 15) is 4.79 Å². The smallest absolute Gasteiger partial charge is 0.241 e. The molecule has 1 atom stereocenters. The van der Waals surface area contributed by atoms with Crippen LogP contribution in [0.15, 0.2) is 48.5 Å². The molecule has 2 aromatic rings. The fraction of sp³-hybridized carbons (Fsp3) is 0.278. The number of nitrogens with one attached hydrogen (secondary N) is 1. The van der Waals surface area contributed by atoms with Crippen LogP contribution in [0.2, 0.25) is 0 Å². The molecule has 124 valence electrons. The van der Waals surface area contributed by atoms with Crippen LogP contribution >= 0.6 is 12.4 Å². The van der Waals surface area contributed by atoms with E-state index in [1.54, 1.807) is 0 Å². The van der Waals surface area contributed by atoms with Gasteiger partial charge in [-0.05, 0) is 37.1 Å². The van der Waals surface area contributed by atoms with Crippen LogP contribution in [0.3, 0.4) is 0 Å². The highest BCUT2D eigenvalue weighted by molar-refractivity contribution is 5.85. The Hall–Kier alpha value is -2.04. The summed E-state index contributed by atoms with van der Waals surface area (Å²) in [6, 6.07) is 14.7. The van der Waals surface area contributed by atoms with Gasteiger partial charge in [0.1, 0.15) is 11.8 Å². The molecule has 0 radical (unpaired) electrons. The molecule has 0 aliphatic heterocycles. The molecule has 0 aliphatic carbocycles. The van der Waals surface area contributed by atoms with E-state index in [2.05, 4.69) is 5.32 Å². The molecule has 0 aromatic heterocycles. The number of aryl methyl sites for hydroxylation is 1. The lowest BCUT2D eigenvalue weighted by atomic mass is 10.1. The zero-order chi connectivity index (χ0) is 15.9. The summed E-state index contributed by atoms with van der Waals surface area (Å²) < 4.78 is 5.44. The SMILES string of the molecule is CCOc1cccc(CNC(=O)C(N)c2ccc(C)cc2)c1.Cl. The van der Waals surface area contributed by atoms with Gasteiger partial charge in [0.05, 0.1) is 6.61 Å². The van der Waals surface area contributed by atoms with Crippen LogP contribution in [-0.2, 0) is 11.3 Å². The van der Waals surface area contributed by atoms with Crippen LogP contribution < -0.4 is 15.8 Å². The van der Waals surface area contributed by atoms with Gasteiger partial charge in [0.25, 0.3) is 0 Å². The number of carbonyl (C=O) groups is 1. The average molecular weight is 335 g/mol. The third-order valence-corrected chi connectivity index (χ3v) is 3.40. The van der Waals surface area contributed by atoms with Crippen molar-refractivity contribution in [3.63, 3.8) is 0 Å². The van der Waals surface area contributed by atoms with Gasteiger partial charge in [-0.1, -0.05) is 42.0 Å². The van der Waals surface area contributed by atoms with Gasteiger partial charge < -0.3 is 15.8 Å². The summed E-state index contributed by atoms with van der Waals surface area (Å²) in [5.41, 5.74) is 8.93. The Morgan fingerprint density at radius 1 is 1.22 bits per heavy atom. The highest BCUT2D eigenvalue weighted by Crippen LogP contribution is 2.14. The second kappa shape index (κ2) is 9.18. The summed E-state index contributed by atoms with van der Waals surface area (Å²) >= 11 is 0. The summed E-state index contributed by atoms with van der Waals surface area (Å²) in [4.78, 5) is 12.1. The van der Waals surface area contributed by atoms with E-state index in [1.165, 1.54) is 0 Å². The lowest BCUT2D eigenvalue weighted by Gasteiger charge is -2.13. The van der Waals surface area contributed by atoms with E-state index < -0.39 is 6.04 Å². The zero-order valence-corrected chi connectivity index (χ0v) is 14.2. The Labute approximate surface area is 143 Å². The van der Waals surface area contributed by atoms with Crippen molar-refractivity contribution in [2.75, 3.05) is 6.61 Å². The molecular formula is C18H23ClN2O2. The number of rotatable bonds is 6. The van der Waals surface area contributed by atoms with Gasteiger partial charge in [-0.25, -0.2) is 0 Å². The molecule has 0 saturated carbocycles. The molecule has 3 N–H and O–H groups in total. The summed E-state index contributed by atoms with van der Waals surface area (Å²) in [7, 11) is 0. The number of halogens is 1. The molecule has 0 aliphatic rings. The minimum Gasteiger partial charge on any atom is -0.494 e. The maximum atomic E-state index is 12.1. The van der Waals surface area contributed by atoms with Crippen LogP contribution in [0.4, 0.5) is 0 Å². The van der Waals surface area contributed by atoms with Gasteiger partial charge in [-0.15, -0.1) is 12.4 Å². The van der Waals surface area contributed by atoms with Crippen LogP contribution in [0, 0.1) is 6.92 Å². The number of nitrogens with two attached hydrogens (primary N) is 1. The molecule has 0 spiro atoms. The zero-order valence-electron chi connectivity index (χ0n) is 13.4. The Kier molecular flexibility index (Phi) is 7.59. The number of hydrogen-bond donors (Lipinski definition) is 2. The Balaban J connectivity index is 0.00000264. The van der Waals surface area contributed by atoms with Crippen LogP contribution in [0.5, 0.6) is 5.75 Å². The summed E-state index contributed by atoms with van der Waals surface area (Å²) in [6.45, 7) is 4.99. The van der Waals surface area contributed by atoms with Crippen molar-refractivity contribution in [3.8, 4) is 5.75 Å². The van der Waals surface area contributed by atoms with Crippen molar-refractivity contribution < 1.29 is 9.53 Å². The first-order chi connectivity index (χ1) is 10.6. The number of ether oxygens (including phenoxy) is 1. The van der Waals surface area contributed by atoms with Gasteiger partial charge in [0, 0.05) is 6.54 Å². The Morgan fingerprint density at radius 3 is 2.57 bits per heavy atom. The van der Waals surface area contributed by atoms with E-state index in [0.29, 0.717) is 13.2 Å². The summed E-state index contributed by atoms with van der Waals surface area (Å²) in [6.07, 6.45) is 0. The number of hydrogen-bond acceptors (Lipinski definition) is 3. The summed E-state index contributed by atoms with van der Waals surface area (Å²) in [5.74, 6) is 0.614. The Bertz CT molecular complexity index is 629. The van der Waals surface area contributed by atoms with E-state index in [0.717, 1.165) is 22.4 Å². The van der Waals surface area contributed by atoms with Crippen LogP contribution in [0.25, 0.3) is 0 Å². The largest absolute Gasteiger partial charge is 0.494 e. The lowest BCUT2D eigenvalue weighted by Crippen LogP contribution is -2.33. The molecule has 5 heteroatoms. The molecule has 0 bridgehead atoms. The second-order valence-electron chi connectivity index (χ2n) is 5.19. The number of amides is 1. The molecule has 0 heterocycles. The minimum atomic E-state index is -0.657. The van der Waals surface area contributed by atoms with E-state index in [4.69, 9.17) is 10.5 Å². The quantitative estimate of drug-likeness (QED) is 0.853. The Morgan fingerprint density at radius 2 is 1.91 bits per heavy atom. The van der Waals surface area contributed by atoms with E-state index >= 15 is 0 Å². The molecule has 4 nitrogen and oxygen atoms in total. The fourth-order valence-corrected chi connectivity index (χ4v) is 2.14. The van der Waals surface area contributed by atoms with Gasteiger partial charge in [-0.2, -0.15) is 0 Å². The minimum absolute atomic E-state index is 0.